The summed E-state index contributed by atoms with van der Waals surface area (Å²) in [5.74, 6) is -3.84. The van der Waals surface area contributed by atoms with Gasteiger partial charge in [-0.25, -0.2) is 4.79 Å². The van der Waals surface area contributed by atoms with Crippen LogP contribution in [0.1, 0.15) is 5.56 Å². The van der Waals surface area contributed by atoms with Crippen LogP contribution in [-0.4, -0.2) is 18.1 Å². The lowest BCUT2D eigenvalue weighted by Crippen LogP contribution is -2.28. The summed E-state index contributed by atoms with van der Waals surface area (Å²) < 4.78 is 38.9. The molecular weight excluding hydrogens is 261 g/mol. The predicted molar refractivity (Wildman–Crippen MR) is 52.3 cm³/mol. The number of alkyl halides is 3. The Morgan fingerprint density at radius 3 is 2.35 bits per heavy atom. The first-order valence-electron chi connectivity index (χ1n) is 4.36. The van der Waals surface area contributed by atoms with Gasteiger partial charge >= 0.3 is 18.1 Å². The Morgan fingerprint density at radius 2 is 1.82 bits per heavy atom. The molecule has 1 aromatic carbocycles. The number of carbonyl (C=O) groups is 2. The molecule has 0 amide bonds. The van der Waals surface area contributed by atoms with E-state index < -0.39 is 24.5 Å². The molecule has 92 valence electrons. The number of ether oxygens (including phenoxy) is 1. The van der Waals surface area contributed by atoms with Crippen LogP contribution in [0.4, 0.5) is 13.2 Å². The van der Waals surface area contributed by atoms with E-state index in [1.807, 2.05) is 0 Å². The third-order valence-corrected chi connectivity index (χ3v) is 2.10. The minimum atomic E-state index is -5.18. The first kappa shape index (κ1) is 13.5. The smallest absolute Gasteiger partial charge is 0.386 e. The van der Waals surface area contributed by atoms with Crippen molar-refractivity contribution in [3.63, 3.8) is 0 Å². The predicted octanol–water partition coefficient (Wildman–Crippen LogP) is 2.51. The third kappa shape index (κ3) is 4.07. The molecule has 0 aromatic heterocycles. The van der Waals surface area contributed by atoms with E-state index in [1.165, 1.54) is 12.1 Å². The van der Waals surface area contributed by atoms with Crippen LogP contribution in [0.15, 0.2) is 24.3 Å². The van der Waals surface area contributed by atoms with Crippen LogP contribution in [0.5, 0.6) is 0 Å². The number of rotatable bonds is 2. The zero-order valence-corrected chi connectivity index (χ0v) is 9.01. The highest BCUT2D eigenvalue weighted by atomic mass is 35.5. The number of benzene rings is 1. The van der Waals surface area contributed by atoms with E-state index in [0.29, 0.717) is 0 Å². The Kier molecular flexibility index (Phi) is 4.11. The second-order valence-electron chi connectivity index (χ2n) is 3.03. The van der Waals surface area contributed by atoms with E-state index in [-0.39, 0.29) is 10.6 Å². The van der Waals surface area contributed by atoms with E-state index in [9.17, 15) is 22.8 Å². The highest BCUT2D eigenvalue weighted by Crippen LogP contribution is 2.19. The van der Waals surface area contributed by atoms with Crippen LogP contribution < -0.4 is 0 Å². The van der Waals surface area contributed by atoms with Crippen molar-refractivity contribution in [1.82, 2.24) is 0 Å². The van der Waals surface area contributed by atoms with Crippen molar-refractivity contribution in [3.05, 3.63) is 34.9 Å². The Hall–Kier alpha value is -1.56. The Balaban J connectivity index is 2.63. The maximum Gasteiger partial charge on any atom is 0.491 e. The molecule has 0 bridgehead atoms. The fourth-order valence-electron chi connectivity index (χ4n) is 0.995. The molecular formula is C10H6ClF3O3. The van der Waals surface area contributed by atoms with E-state index in [2.05, 4.69) is 4.74 Å². The largest absolute Gasteiger partial charge is 0.491 e. The molecule has 0 N–H and O–H groups in total. The third-order valence-electron chi connectivity index (χ3n) is 1.73. The molecule has 0 saturated heterocycles. The van der Waals surface area contributed by atoms with Gasteiger partial charge in [0.1, 0.15) is 0 Å². The summed E-state index contributed by atoms with van der Waals surface area (Å²) in [6, 6.07) is 6.06. The molecule has 0 saturated carbocycles. The van der Waals surface area contributed by atoms with Gasteiger partial charge in [0.25, 0.3) is 0 Å². The fourth-order valence-corrected chi connectivity index (χ4v) is 1.20. The van der Waals surface area contributed by atoms with Crippen molar-refractivity contribution in [2.75, 3.05) is 0 Å². The van der Waals surface area contributed by atoms with Gasteiger partial charge in [-0.05, 0) is 11.6 Å². The van der Waals surface area contributed by atoms with Crippen molar-refractivity contribution in [2.24, 2.45) is 0 Å². The van der Waals surface area contributed by atoms with Gasteiger partial charge in [0, 0.05) is 5.02 Å². The Morgan fingerprint density at radius 1 is 1.24 bits per heavy atom. The topological polar surface area (TPSA) is 43.4 Å². The highest BCUT2D eigenvalue weighted by Gasteiger charge is 2.42. The SMILES string of the molecule is O=C(Cc1ccccc1Cl)OC(=O)C(F)(F)F. The molecule has 0 aliphatic rings. The van der Waals surface area contributed by atoms with Crippen LogP contribution in [0.25, 0.3) is 0 Å². The summed E-state index contributed by atoms with van der Waals surface area (Å²) in [7, 11) is 0. The number of halogens is 4. The summed E-state index contributed by atoms with van der Waals surface area (Å²) in [6.07, 6.45) is -5.68. The van der Waals surface area contributed by atoms with Gasteiger partial charge in [-0.3, -0.25) is 4.79 Å². The quantitative estimate of drug-likeness (QED) is 0.610. The Labute approximate surface area is 99.1 Å². The monoisotopic (exact) mass is 266 g/mol. The molecule has 1 rings (SSSR count). The normalized spacial score (nSPS) is 11.1. The molecule has 0 atom stereocenters. The summed E-state index contributed by atoms with van der Waals surface area (Å²) in [5, 5.41) is 0.212. The second kappa shape index (κ2) is 5.18. The van der Waals surface area contributed by atoms with Gasteiger partial charge in [0.15, 0.2) is 0 Å². The van der Waals surface area contributed by atoms with Crippen molar-refractivity contribution in [2.45, 2.75) is 12.6 Å². The van der Waals surface area contributed by atoms with Crippen LogP contribution in [0, 0.1) is 0 Å². The molecule has 0 aliphatic carbocycles. The standard InChI is InChI=1S/C10H6ClF3O3/c11-7-4-2-1-3-6(7)5-8(15)17-9(16)10(12,13)14/h1-4H,5H2. The maximum atomic E-state index is 11.8. The zero-order chi connectivity index (χ0) is 13.1. The highest BCUT2D eigenvalue weighted by molar-refractivity contribution is 6.31. The van der Waals surface area contributed by atoms with Gasteiger partial charge in [-0.1, -0.05) is 29.8 Å². The van der Waals surface area contributed by atoms with Crippen LogP contribution in [-0.2, 0) is 20.7 Å². The van der Waals surface area contributed by atoms with E-state index in [4.69, 9.17) is 11.6 Å². The molecule has 0 heterocycles. The number of carbonyl (C=O) groups excluding carboxylic acids is 2. The zero-order valence-electron chi connectivity index (χ0n) is 8.25. The van der Waals surface area contributed by atoms with E-state index >= 15 is 0 Å². The molecule has 0 fully saturated rings. The molecule has 17 heavy (non-hydrogen) atoms. The van der Waals surface area contributed by atoms with Crippen LogP contribution in [0.2, 0.25) is 5.02 Å². The molecule has 0 spiro atoms. The summed E-state index contributed by atoms with van der Waals surface area (Å²) in [5.41, 5.74) is 0.286. The fraction of sp³-hybridized carbons (Fsp3) is 0.200. The second-order valence-corrected chi connectivity index (χ2v) is 3.43. The molecule has 0 unspecified atom stereocenters. The lowest BCUT2D eigenvalue weighted by Gasteiger charge is -2.06. The molecule has 0 radical (unpaired) electrons. The molecule has 1 aromatic rings. The average Bonchev–Trinajstić information content (AvgIpc) is 2.20. The first-order chi connectivity index (χ1) is 7.80. The van der Waals surface area contributed by atoms with Crippen molar-refractivity contribution < 1.29 is 27.5 Å². The van der Waals surface area contributed by atoms with E-state index in [0.717, 1.165) is 0 Å². The first-order valence-corrected chi connectivity index (χ1v) is 4.73. The Bertz CT molecular complexity index is 443. The minimum Gasteiger partial charge on any atom is -0.386 e. The number of hydrogen-bond acceptors (Lipinski definition) is 3. The van der Waals surface area contributed by atoms with Gasteiger partial charge in [0.05, 0.1) is 6.42 Å². The van der Waals surface area contributed by atoms with Gasteiger partial charge in [-0.15, -0.1) is 0 Å². The molecule has 7 heteroatoms. The van der Waals surface area contributed by atoms with Crippen molar-refractivity contribution in [3.8, 4) is 0 Å². The number of esters is 2. The molecule has 3 nitrogen and oxygen atoms in total. The summed E-state index contributed by atoms with van der Waals surface area (Å²) in [4.78, 5) is 21.4. The lowest BCUT2D eigenvalue weighted by molar-refractivity contribution is -0.201. The summed E-state index contributed by atoms with van der Waals surface area (Å²) >= 11 is 5.68. The lowest BCUT2D eigenvalue weighted by atomic mass is 10.1. The van der Waals surface area contributed by atoms with Gasteiger partial charge in [-0.2, -0.15) is 13.2 Å². The van der Waals surface area contributed by atoms with Crippen molar-refractivity contribution >= 4 is 23.5 Å². The van der Waals surface area contributed by atoms with Gasteiger partial charge < -0.3 is 4.74 Å². The van der Waals surface area contributed by atoms with Crippen molar-refractivity contribution in [1.29, 1.82) is 0 Å². The average molecular weight is 267 g/mol. The minimum absolute atomic E-state index is 0.212. The molecule has 0 aliphatic heterocycles. The van der Waals surface area contributed by atoms with Crippen LogP contribution >= 0.6 is 11.6 Å². The summed E-state index contributed by atoms with van der Waals surface area (Å²) in [6.45, 7) is 0. The van der Waals surface area contributed by atoms with Crippen LogP contribution in [0.3, 0.4) is 0 Å². The maximum absolute atomic E-state index is 11.8. The van der Waals surface area contributed by atoms with E-state index in [1.54, 1.807) is 12.1 Å². The number of hydrogen-bond donors (Lipinski definition) is 0. The van der Waals surface area contributed by atoms with Gasteiger partial charge in [0.2, 0.25) is 0 Å².